The number of morpholine rings is 1. The van der Waals surface area contributed by atoms with Crippen LogP contribution in [0.25, 0.3) is 0 Å². The predicted molar refractivity (Wildman–Crippen MR) is 152 cm³/mol. The van der Waals surface area contributed by atoms with Gasteiger partial charge in [0, 0.05) is 63.0 Å². The summed E-state index contributed by atoms with van der Waals surface area (Å²) in [5.41, 5.74) is 7.67. The first kappa shape index (κ1) is 28.7. The van der Waals surface area contributed by atoms with Crippen molar-refractivity contribution in [3.8, 4) is 0 Å². The number of benzene rings is 2. The van der Waals surface area contributed by atoms with Gasteiger partial charge in [-0.3, -0.25) is 19.4 Å². The lowest BCUT2D eigenvalue weighted by molar-refractivity contribution is -0.125. The van der Waals surface area contributed by atoms with E-state index in [-0.39, 0.29) is 29.9 Å². The molecular formula is C31H42FN5O3. The normalized spacial score (nSPS) is 25.7. The van der Waals surface area contributed by atoms with E-state index in [4.69, 9.17) is 10.5 Å². The first-order valence-electron chi connectivity index (χ1n) is 14.7. The molecule has 2 atom stereocenters. The molecule has 1 saturated carbocycles. The summed E-state index contributed by atoms with van der Waals surface area (Å²) < 4.78 is 19.1. The summed E-state index contributed by atoms with van der Waals surface area (Å²) in [6, 6.07) is 15.6. The molecule has 40 heavy (non-hydrogen) atoms. The topological polar surface area (TPSA) is 91.1 Å². The van der Waals surface area contributed by atoms with Gasteiger partial charge in [-0.25, -0.2) is 4.39 Å². The molecule has 8 nitrogen and oxygen atoms in total. The number of likely N-dealkylation sites (tertiary alicyclic amines) is 1. The molecule has 0 radical (unpaired) electrons. The largest absolute Gasteiger partial charge is 0.379 e. The van der Waals surface area contributed by atoms with E-state index in [0.29, 0.717) is 18.5 Å². The van der Waals surface area contributed by atoms with Crippen LogP contribution in [-0.2, 0) is 16.1 Å². The maximum atomic E-state index is 13.7. The van der Waals surface area contributed by atoms with Gasteiger partial charge >= 0.3 is 0 Å². The first-order valence-corrected chi connectivity index (χ1v) is 14.7. The molecule has 0 bridgehead atoms. The van der Waals surface area contributed by atoms with Gasteiger partial charge < -0.3 is 20.7 Å². The lowest BCUT2D eigenvalue weighted by Gasteiger charge is -2.33. The molecule has 0 aromatic heterocycles. The minimum Gasteiger partial charge on any atom is -0.379 e. The fourth-order valence-corrected chi connectivity index (χ4v) is 6.17. The van der Waals surface area contributed by atoms with Gasteiger partial charge in [-0.1, -0.05) is 30.3 Å². The average Bonchev–Trinajstić information content (AvgIpc) is 3.43. The van der Waals surface area contributed by atoms with Gasteiger partial charge in [-0.05, 0) is 61.9 Å². The monoisotopic (exact) mass is 551 g/mol. The average molecular weight is 552 g/mol. The number of rotatable bonds is 9. The highest BCUT2D eigenvalue weighted by molar-refractivity contribution is 5.98. The minimum atomic E-state index is -0.584. The van der Waals surface area contributed by atoms with Crippen molar-refractivity contribution in [2.75, 3.05) is 45.9 Å². The molecule has 216 valence electrons. The summed E-state index contributed by atoms with van der Waals surface area (Å²) in [5.74, 6) is -0.731. The van der Waals surface area contributed by atoms with Crippen molar-refractivity contribution < 1.29 is 18.7 Å². The quantitative estimate of drug-likeness (QED) is 0.498. The number of nitrogens with zero attached hydrogens (tertiary/aromatic N) is 3. The molecule has 9 heteroatoms. The number of carbonyl (C=O) groups is 2. The molecule has 0 spiro atoms. The summed E-state index contributed by atoms with van der Waals surface area (Å²) in [7, 11) is 0. The van der Waals surface area contributed by atoms with E-state index in [1.807, 2.05) is 18.2 Å². The number of halogens is 1. The van der Waals surface area contributed by atoms with Crippen molar-refractivity contribution in [1.29, 1.82) is 0 Å². The zero-order chi connectivity index (χ0) is 27.9. The van der Waals surface area contributed by atoms with E-state index in [9.17, 15) is 14.0 Å². The molecule has 2 amide bonds. The Kier molecular flexibility index (Phi) is 9.80. The summed E-state index contributed by atoms with van der Waals surface area (Å²) in [5, 5.41) is 3.23. The zero-order valence-corrected chi connectivity index (χ0v) is 23.2. The third kappa shape index (κ3) is 7.46. The van der Waals surface area contributed by atoms with E-state index in [2.05, 4.69) is 27.2 Å². The van der Waals surface area contributed by atoms with Crippen LogP contribution in [0.4, 0.5) is 4.39 Å². The summed E-state index contributed by atoms with van der Waals surface area (Å²) in [4.78, 5) is 33.9. The SMILES string of the molecule is NC1CCC(NC(=O)C2CC(N(CCN3CCOCC3)Cc3ccccc3)CN2C(=O)c2ccc(F)cc2)CC1. The van der Waals surface area contributed by atoms with E-state index < -0.39 is 11.9 Å². The molecule has 3 N–H and O–H groups in total. The fourth-order valence-electron chi connectivity index (χ4n) is 6.17. The van der Waals surface area contributed by atoms with Gasteiger partial charge in [-0.2, -0.15) is 0 Å². The highest BCUT2D eigenvalue weighted by Gasteiger charge is 2.42. The fraction of sp³-hybridized carbons (Fsp3) is 0.548. The van der Waals surface area contributed by atoms with Gasteiger partial charge in [0.2, 0.25) is 5.91 Å². The van der Waals surface area contributed by atoms with E-state index in [1.165, 1.54) is 29.8 Å². The lowest BCUT2D eigenvalue weighted by Crippen LogP contribution is -2.50. The Morgan fingerprint density at radius 2 is 1.70 bits per heavy atom. The second kappa shape index (κ2) is 13.7. The van der Waals surface area contributed by atoms with Gasteiger partial charge in [0.25, 0.3) is 5.91 Å². The van der Waals surface area contributed by atoms with Crippen molar-refractivity contribution in [3.05, 3.63) is 71.5 Å². The molecule has 2 aromatic rings. The molecule has 3 fully saturated rings. The van der Waals surface area contributed by atoms with E-state index in [0.717, 1.165) is 71.6 Å². The van der Waals surface area contributed by atoms with E-state index >= 15 is 0 Å². The number of ether oxygens (including phenoxy) is 1. The summed E-state index contributed by atoms with van der Waals surface area (Å²) >= 11 is 0. The second-order valence-electron chi connectivity index (χ2n) is 11.4. The number of hydrogen-bond donors (Lipinski definition) is 2. The number of hydrogen-bond acceptors (Lipinski definition) is 6. The highest BCUT2D eigenvalue weighted by atomic mass is 19.1. The highest BCUT2D eigenvalue weighted by Crippen LogP contribution is 2.27. The van der Waals surface area contributed by atoms with Crippen molar-refractivity contribution in [3.63, 3.8) is 0 Å². The molecule has 2 aromatic carbocycles. The predicted octanol–water partition coefficient (Wildman–Crippen LogP) is 2.63. The third-order valence-corrected chi connectivity index (χ3v) is 8.60. The van der Waals surface area contributed by atoms with Gasteiger partial charge in [0.15, 0.2) is 0 Å². The van der Waals surface area contributed by atoms with Gasteiger partial charge in [0.1, 0.15) is 11.9 Å². The van der Waals surface area contributed by atoms with Gasteiger partial charge in [-0.15, -0.1) is 0 Å². The van der Waals surface area contributed by atoms with Crippen LogP contribution in [0, 0.1) is 5.82 Å². The molecule has 1 aliphatic carbocycles. The van der Waals surface area contributed by atoms with Crippen molar-refractivity contribution in [2.45, 2.75) is 62.8 Å². The van der Waals surface area contributed by atoms with Crippen molar-refractivity contribution in [2.24, 2.45) is 5.73 Å². The molecule has 2 aliphatic heterocycles. The van der Waals surface area contributed by atoms with Crippen LogP contribution < -0.4 is 11.1 Å². The Balaban J connectivity index is 1.35. The van der Waals surface area contributed by atoms with Gasteiger partial charge in [0.05, 0.1) is 13.2 Å². The molecule has 2 heterocycles. The number of nitrogens with two attached hydrogens (primary N) is 1. The summed E-state index contributed by atoms with van der Waals surface area (Å²) in [6.45, 7) is 6.23. The zero-order valence-electron chi connectivity index (χ0n) is 23.2. The van der Waals surface area contributed by atoms with Crippen molar-refractivity contribution >= 4 is 11.8 Å². The first-order chi connectivity index (χ1) is 19.5. The van der Waals surface area contributed by atoms with Crippen LogP contribution in [0.2, 0.25) is 0 Å². The number of nitrogens with one attached hydrogen (secondary N) is 1. The maximum absolute atomic E-state index is 13.7. The Bertz CT molecular complexity index is 1100. The molecule has 3 aliphatic rings. The van der Waals surface area contributed by atoms with Crippen LogP contribution in [0.3, 0.4) is 0 Å². The molecule has 2 unspecified atom stereocenters. The third-order valence-electron chi connectivity index (χ3n) is 8.60. The Hall–Kier alpha value is -2.85. The van der Waals surface area contributed by atoms with Crippen LogP contribution in [-0.4, -0.2) is 96.6 Å². The standard InChI is InChI=1S/C31H42FN5O3/c32-25-8-6-24(7-9-25)31(39)37-22-28(20-29(37)30(38)34-27-12-10-26(33)11-13-27)36(21-23-4-2-1-3-5-23)15-14-35-16-18-40-19-17-35/h1-9,26-29H,10-22,33H2,(H,34,38). The molecule has 5 rings (SSSR count). The second-order valence-corrected chi connectivity index (χ2v) is 11.4. The Morgan fingerprint density at radius 1 is 1.00 bits per heavy atom. The molecule has 2 saturated heterocycles. The Labute approximate surface area is 236 Å². The van der Waals surface area contributed by atoms with Crippen LogP contribution >= 0.6 is 0 Å². The number of carbonyl (C=O) groups excluding carboxylic acids is 2. The molecular weight excluding hydrogens is 509 g/mol. The maximum Gasteiger partial charge on any atom is 0.254 e. The van der Waals surface area contributed by atoms with Crippen LogP contribution in [0.15, 0.2) is 54.6 Å². The smallest absolute Gasteiger partial charge is 0.254 e. The van der Waals surface area contributed by atoms with E-state index in [1.54, 1.807) is 4.90 Å². The van der Waals surface area contributed by atoms with Crippen LogP contribution in [0.1, 0.15) is 48.0 Å². The Morgan fingerprint density at radius 3 is 2.40 bits per heavy atom. The minimum absolute atomic E-state index is 0.0150. The lowest BCUT2D eigenvalue weighted by atomic mass is 9.91. The number of amides is 2. The van der Waals surface area contributed by atoms with Crippen molar-refractivity contribution in [1.82, 2.24) is 20.0 Å². The summed E-state index contributed by atoms with van der Waals surface area (Å²) in [6.07, 6.45) is 4.05. The van der Waals surface area contributed by atoms with Crippen LogP contribution in [0.5, 0.6) is 0 Å².